The summed E-state index contributed by atoms with van der Waals surface area (Å²) in [5.74, 6) is 1.09. The first-order chi connectivity index (χ1) is 10.1. The van der Waals surface area contributed by atoms with E-state index in [1.165, 1.54) is 15.6 Å². The van der Waals surface area contributed by atoms with Crippen LogP contribution in [0, 0.1) is 11.8 Å². The summed E-state index contributed by atoms with van der Waals surface area (Å²) in [6, 6.07) is 9.26. The molecule has 1 aromatic carbocycles. The van der Waals surface area contributed by atoms with Gasteiger partial charge in [-0.15, -0.1) is 11.3 Å². The van der Waals surface area contributed by atoms with E-state index in [4.69, 9.17) is 4.74 Å². The molecule has 2 aromatic rings. The van der Waals surface area contributed by atoms with Gasteiger partial charge in [-0.25, -0.2) is 0 Å². The monoisotopic (exact) mass is 303 g/mol. The van der Waals surface area contributed by atoms with Gasteiger partial charge in [0.25, 0.3) is 0 Å². The van der Waals surface area contributed by atoms with E-state index >= 15 is 0 Å². The van der Waals surface area contributed by atoms with Crippen LogP contribution in [0.2, 0.25) is 0 Å². The Hall–Kier alpha value is -0.900. The van der Waals surface area contributed by atoms with E-state index in [0.29, 0.717) is 30.1 Å². The molecular formula is C18H25NOS. The van der Waals surface area contributed by atoms with Crippen LogP contribution in [-0.4, -0.2) is 18.8 Å². The summed E-state index contributed by atoms with van der Waals surface area (Å²) in [5, 5.41) is 7.28. The molecule has 1 aliphatic rings. The maximum Gasteiger partial charge on any atom is 0.0600 e. The quantitative estimate of drug-likeness (QED) is 0.890. The van der Waals surface area contributed by atoms with Crippen molar-refractivity contribution in [1.29, 1.82) is 0 Å². The highest BCUT2D eigenvalue weighted by Crippen LogP contribution is 2.42. The Morgan fingerprint density at radius 2 is 2.00 bits per heavy atom. The van der Waals surface area contributed by atoms with Crippen molar-refractivity contribution in [2.45, 2.75) is 45.9 Å². The second-order valence-corrected chi connectivity index (χ2v) is 7.12. The van der Waals surface area contributed by atoms with E-state index in [9.17, 15) is 0 Å². The molecule has 0 radical (unpaired) electrons. The van der Waals surface area contributed by atoms with Crippen LogP contribution in [0.15, 0.2) is 29.6 Å². The number of fused-ring (bicyclic) bond motifs is 1. The summed E-state index contributed by atoms with van der Waals surface area (Å²) in [6.07, 6.45) is 0.642. The van der Waals surface area contributed by atoms with Crippen LogP contribution in [0.3, 0.4) is 0 Å². The predicted molar refractivity (Wildman–Crippen MR) is 90.9 cm³/mol. The van der Waals surface area contributed by atoms with E-state index in [1.807, 2.05) is 11.3 Å². The molecule has 114 valence electrons. The molecule has 3 rings (SSSR count). The molecule has 1 N–H and O–H groups in total. The SMILES string of the molecule is CCNC(c1cccc2ccsc12)C1C(C)OC(C)C1C. The van der Waals surface area contributed by atoms with Gasteiger partial charge in [-0.3, -0.25) is 0 Å². The van der Waals surface area contributed by atoms with Gasteiger partial charge in [0.15, 0.2) is 0 Å². The molecule has 1 fully saturated rings. The van der Waals surface area contributed by atoms with Gasteiger partial charge in [0.2, 0.25) is 0 Å². The number of thiophene rings is 1. The number of rotatable bonds is 4. The largest absolute Gasteiger partial charge is 0.375 e. The number of hydrogen-bond acceptors (Lipinski definition) is 3. The standard InChI is InChI=1S/C18H25NOS/c1-5-19-17(16-11(2)12(3)20-13(16)4)15-8-6-7-14-9-10-21-18(14)15/h6-13,16-17,19H,5H2,1-4H3. The number of hydrogen-bond donors (Lipinski definition) is 1. The number of nitrogens with one attached hydrogen (secondary N) is 1. The van der Waals surface area contributed by atoms with Crippen molar-refractivity contribution in [2.24, 2.45) is 11.8 Å². The minimum absolute atomic E-state index is 0.300. The summed E-state index contributed by atoms with van der Waals surface area (Å²) >= 11 is 1.85. The number of benzene rings is 1. The summed E-state index contributed by atoms with van der Waals surface area (Å²) in [6.45, 7) is 9.93. The van der Waals surface area contributed by atoms with Crippen LogP contribution >= 0.6 is 11.3 Å². The highest BCUT2D eigenvalue weighted by atomic mass is 32.1. The molecule has 0 amide bonds. The lowest BCUT2D eigenvalue weighted by molar-refractivity contribution is 0.0476. The van der Waals surface area contributed by atoms with Crippen molar-refractivity contribution < 1.29 is 4.74 Å². The van der Waals surface area contributed by atoms with Gasteiger partial charge in [-0.2, -0.15) is 0 Å². The molecule has 1 saturated heterocycles. The molecule has 1 aromatic heterocycles. The molecule has 2 heterocycles. The molecule has 5 unspecified atom stereocenters. The van der Waals surface area contributed by atoms with Gasteiger partial charge in [0, 0.05) is 16.7 Å². The van der Waals surface area contributed by atoms with Crippen molar-refractivity contribution in [1.82, 2.24) is 5.32 Å². The van der Waals surface area contributed by atoms with Gasteiger partial charge in [-0.1, -0.05) is 32.0 Å². The molecule has 5 atom stereocenters. The maximum absolute atomic E-state index is 6.09. The van der Waals surface area contributed by atoms with E-state index in [0.717, 1.165) is 6.54 Å². The predicted octanol–water partition coefficient (Wildman–Crippen LogP) is 4.61. The Balaban J connectivity index is 2.04. The Morgan fingerprint density at radius 3 is 2.67 bits per heavy atom. The van der Waals surface area contributed by atoms with Crippen molar-refractivity contribution in [2.75, 3.05) is 6.54 Å². The highest BCUT2D eigenvalue weighted by molar-refractivity contribution is 7.17. The zero-order valence-electron chi connectivity index (χ0n) is 13.3. The summed E-state index contributed by atoms with van der Waals surface area (Å²) < 4.78 is 7.51. The first kappa shape index (κ1) is 15.0. The van der Waals surface area contributed by atoms with Crippen molar-refractivity contribution >= 4 is 21.4 Å². The zero-order valence-corrected chi connectivity index (χ0v) is 14.1. The van der Waals surface area contributed by atoms with E-state index in [2.05, 4.69) is 62.7 Å². The minimum Gasteiger partial charge on any atom is -0.375 e. The van der Waals surface area contributed by atoms with Gasteiger partial charge in [0.05, 0.1) is 12.2 Å². The van der Waals surface area contributed by atoms with Gasteiger partial charge < -0.3 is 10.1 Å². The summed E-state index contributed by atoms with van der Waals surface area (Å²) in [7, 11) is 0. The topological polar surface area (TPSA) is 21.3 Å². The molecule has 3 heteroatoms. The average Bonchev–Trinajstić information content (AvgIpc) is 3.03. The van der Waals surface area contributed by atoms with Crippen molar-refractivity contribution in [3.05, 3.63) is 35.2 Å². The van der Waals surface area contributed by atoms with Crippen molar-refractivity contribution in [3.63, 3.8) is 0 Å². The minimum atomic E-state index is 0.300. The van der Waals surface area contributed by atoms with Gasteiger partial charge >= 0.3 is 0 Å². The Kier molecular flexibility index (Phi) is 4.34. The molecule has 0 spiro atoms. The second-order valence-electron chi connectivity index (χ2n) is 6.20. The lowest BCUT2D eigenvalue weighted by atomic mass is 9.80. The van der Waals surface area contributed by atoms with Crippen LogP contribution in [0.5, 0.6) is 0 Å². The fraction of sp³-hybridized carbons (Fsp3) is 0.556. The molecule has 2 nitrogen and oxygen atoms in total. The average molecular weight is 303 g/mol. The third-order valence-electron chi connectivity index (χ3n) is 4.97. The van der Waals surface area contributed by atoms with Crippen LogP contribution in [0.25, 0.3) is 10.1 Å². The van der Waals surface area contributed by atoms with Crippen LogP contribution in [-0.2, 0) is 4.74 Å². The Bertz CT molecular complexity index is 608. The third-order valence-corrected chi connectivity index (χ3v) is 5.95. The van der Waals surface area contributed by atoms with E-state index < -0.39 is 0 Å². The van der Waals surface area contributed by atoms with E-state index in [-0.39, 0.29) is 0 Å². The Morgan fingerprint density at radius 1 is 1.19 bits per heavy atom. The van der Waals surface area contributed by atoms with Crippen molar-refractivity contribution in [3.8, 4) is 0 Å². The molecule has 0 aliphatic carbocycles. The van der Waals surface area contributed by atoms with Crippen LogP contribution in [0.1, 0.15) is 39.3 Å². The van der Waals surface area contributed by atoms with Crippen LogP contribution < -0.4 is 5.32 Å². The first-order valence-corrected chi connectivity index (χ1v) is 8.86. The maximum atomic E-state index is 6.09. The second kappa shape index (κ2) is 6.07. The molecule has 21 heavy (non-hydrogen) atoms. The molecular weight excluding hydrogens is 278 g/mol. The highest BCUT2D eigenvalue weighted by Gasteiger charge is 2.42. The normalized spacial score (nSPS) is 30.9. The molecule has 0 saturated carbocycles. The smallest absolute Gasteiger partial charge is 0.0600 e. The molecule has 0 bridgehead atoms. The third kappa shape index (κ3) is 2.63. The lowest BCUT2D eigenvalue weighted by Crippen LogP contribution is -2.35. The molecule has 1 aliphatic heterocycles. The lowest BCUT2D eigenvalue weighted by Gasteiger charge is -2.30. The Labute approximate surface area is 131 Å². The van der Waals surface area contributed by atoms with E-state index in [1.54, 1.807) is 0 Å². The summed E-state index contributed by atoms with van der Waals surface area (Å²) in [5.41, 5.74) is 1.44. The van der Waals surface area contributed by atoms with Gasteiger partial charge in [-0.05, 0) is 48.7 Å². The fourth-order valence-corrected chi connectivity index (χ4v) is 4.76. The number of ether oxygens (including phenoxy) is 1. The van der Waals surface area contributed by atoms with Gasteiger partial charge in [0.1, 0.15) is 0 Å². The zero-order chi connectivity index (χ0) is 15.0. The van der Waals surface area contributed by atoms with Crippen LogP contribution in [0.4, 0.5) is 0 Å². The fourth-order valence-electron chi connectivity index (χ4n) is 3.80. The first-order valence-electron chi connectivity index (χ1n) is 7.98. The summed E-state index contributed by atoms with van der Waals surface area (Å²) in [4.78, 5) is 0.